The number of ether oxygens (including phenoxy) is 1. The number of benzene rings is 1. The number of carbonyl (C=O) groups excluding carboxylic acids is 1. The van der Waals surface area contributed by atoms with Crippen LogP contribution in [0.1, 0.15) is 10.4 Å². The maximum atomic E-state index is 11.3. The van der Waals surface area contributed by atoms with Crippen molar-refractivity contribution in [3.63, 3.8) is 0 Å². The monoisotopic (exact) mass is 212 g/mol. The molecule has 0 heterocycles. The Labute approximate surface area is 86.5 Å². The first-order valence-electron chi connectivity index (χ1n) is 4.33. The topological polar surface area (TPSA) is 87.0 Å². The van der Waals surface area contributed by atoms with Gasteiger partial charge in [-0.3, -0.25) is 0 Å². The minimum atomic E-state index is -2.38. The van der Waals surface area contributed by atoms with Crippen LogP contribution >= 0.6 is 0 Å². The fourth-order valence-corrected chi connectivity index (χ4v) is 0.884. The van der Waals surface area contributed by atoms with E-state index in [1.54, 1.807) is 18.2 Å². The van der Waals surface area contributed by atoms with Crippen LogP contribution in [0, 0.1) is 0 Å². The summed E-state index contributed by atoms with van der Waals surface area (Å²) in [4.78, 5) is 11.3. The van der Waals surface area contributed by atoms with Crippen molar-refractivity contribution in [2.45, 2.75) is 5.79 Å². The smallest absolute Gasteiger partial charge is 0.338 e. The molecular formula is C10H12O5. The number of carbonyl (C=O) groups is 1. The summed E-state index contributed by atoms with van der Waals surface area (Å²) in [7, 11) is 0. The Morgan fingerprint density at radius 1 is 1.27 bits per heavy atom. The lowest BCUT2D eigenvalue weighted by Crippen LogP contribution is -2.39. The number of esters is 1. The average Bonchev–Trinajstić information content (AvgIpc) is 2.27. The van der Waals surface area contributed by atoms with Gasteiger partial charge in [0.25, 0.3) is 0 Å². The summed E-state index contributed by atoms with van der Waals surface area (Å²) in [6.45, 7) is -1.56. The zero-order valence-corrected chi connectivity index (χ0v) is 7.96. The van der Waals surface area contributed by atoms with Gasteiger partial charge in [-0.15, -0.1) is 0 Å². The Kier molecular flexibility index (Phi) is 3.79. The summed E-state index contributed by atoms with van der Waals surface area (Å²) in [6, 6.07) is 8.14. The van der Waals surface area contributed by atoms with Gasteiger partial charge in [0.05, 0.1) is 5.56 Å². The zero-order valence-electron chi connectivity index (χ0n) is 7.96. The third-order valence-electron chi connectivity index (χ3n) is 1.70. The first-order valence-corrected chi connectivity index (χ1v) is 4.33. The zero-order chi connectivity index (χ0) is 11.3. The number of hydrogen-bond donors (Lipinski definition) is 3. The first kappa shape index (κ1) is 11.6. The summed E-state index contributed by atoms with van der Waals surface area (Å²) in [6.07, 6.45) is 0. The molecule has 0 spiro atoms. The highest BCUT2D eigenvalue weighted by atomic mass is 16.6. The van der Waals surface area contributed by atoms with Crippen LogP contribution in [0.5, 0.6) is 0 Å². The minimum absolute atomic E-state index is 0.311. The Morgan fingerprint density at radius 3 is 2.40 bits per heavy atom. The van der Waals surface area contributed by atoms with Crippen molar-refractivity contribution < 1.29 is 24.9 Å². The Bertz CT molecular complexity index is 320. The second kappa shape index (κ2) is 4.88. The van der Waals surface area contributed by atoms with Crippen molar-refractivity contribution in [1.82, 2.24) is 0 Å². The van der Waals surface area contributed by atoms with E-state index in [1.165, 1.54) is 12.1 Å². The first-order chi connectivity index (χ1) is 7.05. The molecular weight excluding hydrogens is 200 g/mol. The Hall–Kier alpha value is -1.43. The average molecular weight is 212 g/mol. The van der Waals surface area contributed by atoms with Gasteiger partial charge in [-0.05, 0) is 12.1 Å². The molecule has 5 nitrogen and oxygen atoms in total. The minimum Gasteiger partial charge on any atom is -0.456 e. The quantitative estimate of drug-likeness (QED) is 0.463. The fourth-order valence-electron chi connectivity index (χ4n) is 0.884. The molecule has 82 valence electrons. The predicted octanol–water partition coefficient (Wildman–Crippen LogP) is -0.483. The number of rotatable bonds is 4. The van der Waals surface area contributed by atoms with Gasteiger partial charge in [-0.2, -0.15) is 0 Å². The molecule has 0 saturated carbocycles. The lowest BCUT2D eigenvalue weighted by atomic mass is 10.2. The van der Waals surface area contributed by atoms with Gasteiger partial charge >= 0.3 is 5.97 Å². The second-order valence-corrected chi connectivity index (χ2v) is 3.08. The van der Waals surface area contributed by atoms with Crippen molar-refractivity contribution in [3.8, 4) is 0 Å². The van der Waals surface area contributed by atoms with E-state index in [9.17, 15) is 4.79 Å². The number of aliphatic hydroxyl groups is 3. The van der Waals surface area contributed by atoms with E-state index in [1.807, 2.05) is 0 Å². The Balaban J connectivity index is 2.51. The molecule has 5 heteroatoms. The van der Waals surface area contributed by atoms with Gasteiger partial charge < -0.3 is 20.1 Å². The largest absolute Gasteiger partial charge is 0.456 e. The van der Waals surface area contributed by atoms with Gasteiger partial charge in [0, 0.05) is 0 Å². The van der Waals surface area contributed by atoms with E-state index in [0.29, 0.717) is 5.56 Å². The van der Waals surface area contributed by atoms with Crippen LogP contribution in [-0.2, 0) is 4.74 Å². The molecule has 3 N–H and O–H groups in total. The SMILES string of the molecule is O=C(OCC(O)(O)CO)c1ccccc1. The summed E-state index contributed by atoms with van der Waals surface area (Å²) in [5.74, 6) is -3.05. The molecule has 0 aliphatic rings. The molecule has 0 fully saturated rings. The van der Waals surface area contributed by atoms with Crippen molar-refractivity contribution in [2.24, 2.45) is 0 Å². The van der Waals surface area contributed by atoms with Gasteiger partial charge in [-0.25, -0.2) is 4.79 Å². The second-order valence-electron chi connectivity index (χ2n) is 3.08. The van der Waals surface area contributed by atoms with Gasteiger partial charge in [-0.1, -0.05) is 18.2 Å². The van der Waals surface area contributed by atoms with E-state index < -0.39 is 25.0 Å². The molecule has 0 aliphatic carbocycles. The summed E-state index contributed by atoms with van der Waals surface area (Å²) < 4.78 is 4.58. The highest BCUT2D eigenvalue weighted by Gasteiger charge is 2.24. The third-order valence-corrected chi connectivity index (χ3v) is 1.70. The molecule has 0 bridgehead atoms. The molecule has 0 aliphatic heterocycles. The van der Waals surface area contributed by atoms with Crippen molar-refractivity contribution in [1.29, 1.82) is 0 Å². The maximum absolute atomic E-state index is 11.3. The molecule has 0 radical (unpaired) electrons. The molecule has 1 aromatic rings. The molecule has 0 saturated heterocycles. The lowest BCUT2D eigenvalue weighted by Gasteiger charge is -2.18. The van der Waals surface area contributed by atoms with Crippen molar-refractivity contribution >= 4 is 5.97 Å². The van der Waals surface area contributed by atoms with Crippen LogP contribution in [0.3, 0.4) is 0 Å². The molecule has 0 amide bonds. The van der Waals surface area contributed by atoms with Crippen molar-refractivity contribution in [3.05, 3.63) is 35.9 Å². The summed E-state index contributed by atoms with van der Waals surface area (Å²) in [5, 5.41) is 26.4. The molecule has 0 atom stereocenters. The van der Waals surface area contributed by atoms with E-state index in [4.69, 9.17) is 15.3 Å². The number of aliphatic hydroxyl groups excluding tert-OH is 1. The van der Waals surface area contributed by atoms with Gasteiger partial charge in [0.15, 0.2) is 0 Å². The van der Waals surface area contributed by atoms with Crippen LogP contribution in [0.2, 0.25) is 0 Å². The molecule has 0 aromatic heterocycles. The molecule has 15 heavy (non-hydrogen) atoms. The van der Waals surface area contributed by atoms with Crippen LogP contribution in [0.25, 0.3) is 0 Å². The summed E-state index contributed by atoms with van der Waals surface area (Å²) >= 11 is 0. The van der Waals surface area contributed by atoms with Gasteiger partial charge in [0.1, 0.15) is 13.2 Å². The fraction of sp³-hybridized carbons (Fsp3) is 0.300. The van der Waals surface area contributed by atoms with Crippen LogP contribution < -0.4 is 0 Å². The number of hydrogen-bond acceptors (Lipinski definition) is 5. The Morgan fingerprint density at radius 2 is 1.87 bits per heavy atom. The molecule has 0 unspecified atom stereocenters. The predicted molar refractivity (Wildman–Crippen MR) is 51.0 cm³/mol. The third kappa shape index (κ3) is 3.67. The van der Waals surface area contributed by atoms with E-state index in [2.05, 4.69) is 4.74 Å². The summed E-state index contributed by atoms with van der Waals surface area (Å²) in [5.41, 5.74) is 0.311. The highest BCUT2D eigenvalue weighted by molar-refractivity contribution is 5.89. The maximum Gasteiger partial charge on any atom is 0.338 e. The molecule has 1 rings (SSSR count). The molecule has 1 aromatic carbocycles. The van der Waals surface area contributed by atoms with Crippen LogP contribution in [0.15, 0.2) is 30.3 Å². The van der Waals surface area contributed by atoms with Gasteiger partial charge in [0.2, 0.25) is 5.79 Å². The van der Waals surface area contributed by atoms with Crippen LogP contribution in [0.4, 0.5) is 0 Å². The highest BCUT2D eigenvalue weighted by Crippen LogP contribution is 2.04. The lowest BCUT2D eigenvalue weighted by molar-refractivity contribution is -0.208. The van der Waals surface area contributed by atoms with E-state index >= 15 is 0 Å². The van der Waals surface area contributed by atoms with E-state index in [0.717, 1.165) is 0 Å². The van der Waals surface area contributed by atoms with Crippen molar-refractivity contribution in [2.75, 3.05) is 13.2 Å². The van der Waals surface area contributed by atoms with Crippen LogP contribution in [-0.4, -0.2) is 40.3 Å². The standard InChI is InChI=1S/C10H12O5/c11-6-10(13,14)7-15-9(12)8-4-2-1-3-5-8/h1-5,11,13-14H,6-7H2. The normalized spacial score (nSPS) is 11.1. The van der Waals surface area contributed by atoms with E-state index in [-0.39, 0.29) is 0 Å².